The lowest BCUT2D eigenvalue weighted by molar-refractivity contribution is 0.173. The van der Waals surface area contributed by atoms with E-state index in [9.17, 15) is 0 Å². The van der Waals surface area contributed by atoms with Crippen molar-refractivity contribution in [2.45, 2.75) is 45.1 Å². The minimum Gasteiger partial charge on any atom is -0.383 e. The van der Waals surface area contributed by atoms with Gasteiger partial charge in [-0.1, -0.05) is 30.7 Å². The summed E-state index contributed by atoms with van der Waals surface area (Å²) in [6.45, 7) is 8.48. The zero-order valence-electron chi connectivity index (χ0n) is 19.3. The highest BCUT2D eigenvalue weighted by Crippen LogP contribution is 2.33. The molecule has 33 heavy (non-hydrogen) atoms. The quantitative estimate of drug-likeness (QED) is 0.562. The van der Waals surface area contributed by atoms with Gasteiger partial charge in [0.2, 0.25) is 0 Å². The SMILES string of the molecule is CCc1c(N)ncnc1N1CCC(c2nc(-c3cccc(Cl)c3)cn2CCN2CCC2)CC1. The topological polar surface area (TPSA) is 76.1 Å². The third kappa shape index (κ3) is 4.70. The van der Waals surface area contributed by atoms with Crippen LogP contribution in [-0.2, 0) is 13.0 Å². The molecular formula is C25H32ClN7. The van der Waals surface area contributed by atoms with Crippen LogP contribution >= 0.6 is 11.6 Å². The van der Waals surface area contributed by atoms with Crippen LogP contribution in [0.3, 0.4) is 0 Å². The lowest BCUT2D eigenvalue weighted by Crippen LogP contribution is -2.39. The zero-order chi connectivity index (χ0) is 22.8. The molecule has 0 spiro atoms. The molecule has 8 heteroatoms. The number of rotatable bonds is 7. The van der Waals surface area contributed by atoms with E-state index in [4.69, 9.17) is 22.3 Å². The van der Waals surface area contributed by atoms with Gasteiger partial charge in [-0.3, -0.25) is 0 Å². The van der Waals surface area contributed by atoms with Gasteiger partial charge >= 0.3 is 0 Å². The average molecular weight is 466 g/mol. The molecule has 0 unspecified atom stereocenters. The first-order valence-corrected chi connectivity index (χ1v) is 12.4. The molecule has 2 saturated heterocycles. The first kappa shape index (κ1) is 22.2. The molecule has 4 heterocycles. The van der Waals surface area contributed by atoms with E-state index < -0.39 is 0 Å². The van der Waals surface area contributed by atoms with E-state index in [2.05, 4.69) is 43.5 Å². The molecule has 0 radical (unpaired) electrons. The summed E-state index contributed by atoms with van der Waals surface area (Å²) in [5, 5.41) is 0.744. The number of nitrogens with zero attached hydrogens (tertiary/aromatic N) is 6. The molecule has 174 valence electrons. The molecule has 0 aliphatic carbocycles. The summed E-state index contributed by atoms with van der Waals surface area (Å²) in [7, 11) is 0. The van der Waals surface area contributed by atoms with Crippen molar-refractivity contribution >= 4 is 23.2 Å². The largest absolute Gasteiger partial charge is 0.383 e. The second kappa shape index (κ2) is 9.69. The van der Waals surface area contributed by atoms with Gasteiger partial charge in [-0.2, -0.15) is 0 Å². The number of imidazole rings is 1. The molecule has 0 atom stereocenters. The van der Waals surface area contributed by atoms with Crippen LogP contribution < -0.4 is 10.6 Å². The summed E-state index contributed by atoms with van der Waals surface area (Å²) in [6, 6.07) is 7.99. The molecule has 2 N–H and O–H groups in total. The first-order valence-electron chi connectivity index (χ1n) is 12.0. The van der Waals surface area contributed by atoms with Gasteiger partial charge in [-0.25, -0.2) is 15.0 Å². The van der Waals surface area contributed by atoms with E-state index in [-0.39, 0.29) is 0 Å². The lowest BCUT2D eigenvalue weighted by Gasteiger charge is -2.34. The van der Waals surface area contributed by atoms with Crippen molar-refractivity contribution < 1.29 is 0 Å². The maximum absolute atomic E-state index is 6.26. The maximum atomic E-state index is 6.26. The summed E-state index contributed by atoms with van der Waals surface area (Å²) in [5.41, 5.74) is 9.25. The number of likely N-dealkylation sites (tertiary alicyclic amines) is 1. The highest BCUT2D eigenvalue weighted by atomic mass is 35.5. The average Bonchev–Trinajstić information content (AvgIpc) is 3.22. The number of nitrogen functional groups attached to an aromatic ring is 1. The van der Waals surface area contributed by atoms with Crippen molar-refractivity contribution in [1.82, 2.24) is 24.4 Å². The molecule has 5 rings (SSSR count). The van der Waals surface area contributed by atoms with Crippen molar-refractivity contribution in [3.05, 3.63) is 53.2 Å². The molecule has 2 aliphatic heterocycles. The summed E-state index contributed by atoms with van der Waals surface area (Å²) in [4.78, 5) is 18.7. The molecular weight excluding hydrogens is 434 g/mol. The van der Waals surface area contributed by atoms with Crippen LogP contribution in [0.25, 0.3) is 11.3 Å². The van der Waals surface area contributed by atoms with Gasteiger partial charge in [0.15, 0.2) is 0 Å². The van der Waals surface area contributed by atoms with Crippen molar-refractivity contribution in [2.75, 3.05) is 43.4 Å². The fourth-order valence-electron chi connectivity index (χ4n) is 4.95. The summed E-state index contributed by atoms with van der Waals surface area (Å²) in [5.74, 6) is 3.21. The molecule has 0 amide bonds. The Balaban J connectivity index is 1.36. The van der Waals surface area contributed by atoms with Crippen molar-refractivity contribution in [3.63, 3.8) is 0 Å². The normalized spacial score (nSPS) is 17.3. The Labute approximate surface area is 200 Å². The molecule has 7 nitrogen and oxygen atoms in total. The molecule has 2 aliphatic rings. The van der Waals surface area contributed by atoms with Gasteiger partial charge in [-0.15, -0.1) is 0 Å². The summed E-state index contributed by atoms with van der Waals surface area (Å²) in [6.07, 6.45) is 8.04. The zero-order valence-corrected chi connectivity index (χ0v) is 20.0. The fraction of sp³-hybridized carbons (Fsp3) is 0.480. The Bertz CT molecular complexity index is 1100. The van der Waals surface area contributed by atoms with Crippen molar-refractivity contribution in [2.24, 2.45) is 0 Å². The van der Waals surface area contributed by atoms with Crippen LogP contribution in [0.1, 0.15) is 43.5 Å². The van der Waals surface area contributed by atoms with E-state index in [1.54, 1.807) is 6.33 Å². The Hall–Kier alpha value is -2.64. The third-order valence-corrected chi connectivity index (χ3v) is 7.24. The van der Waals surface area contributed by atoms with Gasteiger partial charge < -0.3 is 20.1 Å². The van der Waals surface area contributed by atoms with Gasteiger partial charge in [0.25, 0.3) is 0 Å². The van der Waals surface area contributed by atoms with Crippen LogP contribution in [0.4, 0.5) is 11.6 Å². The maximum Gasteiger partial charge on any atom is 0.137 e. The van der Waals surface area contributed by atoms with Crippen LogP contribution in [-0.4, -0.2) is 57.1 Å². The van der Waals surface area contributed by atoms with Crippen LogP contribution in [0.5, 0.6) is 0 Å². The van der Waals surface area contributed by atoms with E-state index >= 15 is 0 Å². The fourth-order valence-corrected chi connectivity index (χ4v) is 5.14. The van der Waals surface area contributed by atoms with Gasteiger partial charge in [0, 0.05) is 54.4 Å². The predicted octanol–water partition coefficient (Wildman–Crippen LogP) is 4.23. The minimum absolute atomic E-state index is 0.426. The van der Waals surface area contributed by atoms with Crippen LogP contribution in [0.15, 0.2) is 36.8 Å². The minimum atomic E-state index is 0.426. The Kier molecular flexibility index (Phi) is 6.51. The molecule has 2 aromatic heterocycles. The number of hydrogen-bond donors (Lipinski definition) is 1. The third-order valence-electron chi connectivity index (χ3n) is 7.00. The standard InChI is InChI=1S/C25H32ClN7/c1-2-21-23(27)28-17-29-25(21)32-11-7-18(8-12-32)24-30-22(19-5-3-6-20(26)15-19)16-33(24)14-13-31-9-4-10-31/h3,5-6,15-18H,2,4,7-14H2,1H3,(H2,27,28,29). The lowest BCUT2D eigenvalue weighted by atomic mass is 9.95. The highest BCUT2D eigenvalue weighted by molar-refractivity contribution is 6.30. The number of hydrogen-bond acceptors (Lipinski definition) is 6. The predicted molar refractivity (Wildman–Crippen MR) is 134 cm³/mol. The van der Waals surface area contributed by atoms with Gasteiger partial charge in [-0.05, 0) is 50.9 Å². The smallest absolute Gasteiger partial charge is 0.137 e. The molecule has 0 bridgehead atoms. The van der Waals surface area contributed by atoms with E-state index in [0.29, 0.717) is 11.7 Å². The molecule has 3 aromatic rings. The highest BCUT2D eigenvalue weighted by Gasteiger charge is 2.27. The number of benzene rings is 1. The van der Waals surface area contributed by atoms with Crippen molar-refractivity contribution in [1.29, 1.82) is 0 Å². The first-order chi connectivity index (χ1) is 16.1. The summed E-state index contributed by atoms with van der Waals surface area (Å²) >= 11 is 6.26. The van der Waals surface area contributed by atoms with Crippen LogP contribution in [0.2, 0.25) is 5.02 Å². The van der Waals surface area contributed by atoms with Crippen LogP contribution in [0, 0.1) is 0 Å². The summed E-state index contributed by atoms with van der Waals surface area (Å²) < 4.78 is 2.38. The van der Waals surface area contributed by atoms with E-state index in [1.807, 2.05) is 18.2 Å². The van der Waals surface area contributed by atoms with E-state index in [0.717, 1.165) is 73.1 Å². The number of piperidine rings is 1. The number of nitrogens with two attached hydrogens (primary N) is 1. The molecule has 2 fully saturated rings. The van der Waals surface area contributed by atoms with Gasteiger partial charge in [0.1, 0.15) is 23.8 Å². The molecule has 0 saturated carbocycles. The number of aromatic nitrogens is 4. The number of anilines is 2. The second-order valence-corrected chi connectivity index (χ2v) is 9.50. The Morgan fingerprint density at radius 3 is 2.61 bits per heavy atom. The monoisotopic (exact) mass is 465 g/mol. The number of halogens is 1. The van der Waals surface area contributed by atoms with Crippen molar-refractivity contribution in [3.8, 4) is 11.3 Å². The Morgan fingerprint density at radius 2 is 1.91 bits per heavy atom. The Morgan fingerprint density at radius 1 is 1.09 bits per heavy atom. The molecule has 1 aromatic carbocycles. The second-order valence-electron chi connectivity index (χ2n) is 9.06. The van der Waals surface area contributed by atoms with E-state index in [1.165, 1.54) is 25.3 Å². The van der Waals surface area contributed by atoms with Gasteiger partial charge in [0.05, 0.1) is 5.69 Å².